The summed E-state index contributed by atoms with van der Waals surface area (Å²) < 4.78 is 0. The number of likely N-dealkylation sites (tertiary alicyclic amines) is 1. The van der Waals surface area contributed by atoms with Crippen LogP contribution in [0, 0.1) is 0 Å². The Labute approximate surface area is 180 Å². The van der Waals surface area contributed by atoms with Crippen molar-refractivity contribution in [2.75, 3.05) is 25.0 Å². The number of aromatic amines is 1. The largest absolute Gasteiger partial charge is 0.478 e. The van der Waals surface area contributed by atoms with E-state index in [-0.39, 0.29) is 11.5 Å². The Kier molecular flexibility index (Phi) is 5.08. The number of nitrogens with one attached hydrogen (secondary N) is 2. The molecule has 3 aromatic rings. The maximum absolute atomic E-state index is 12.5. The van der Waals surface area contributed by atoms with Crippen molar-refractivity contribution < 1.29 is 14.7 Å². The van der Waals surface area contributed by atoms with Crippen LogP contribution in [0.25, 0.3) is 22.6 Å². The van der Waals surface area contributed by atoms with Crippen LogP contribution in [0.4, 0.5) is 5.69 Å². The summed E-state index contributed by atoms with van der Waals surface area (Å²) in [7, 11) is 0. The molecule has 0 aliphatic carbocycles. The summed E-state index contributed by atoms with van der Waals surface area (Å²) in [5.74, 6) is -1.24. The van der Waals surface area contributed by atoms with Gasteiger partial charge in [0.25, 0.3) is 5.91 Å². The standard InChI is InChI=1S/C25H25N3O3/c29-24-21(20-7-6-17(25(30)31)14-23(20)27-24)15-19-13-18-12-16(5-8-22(18)26-19)4-3-11-28-9-1-2-10-28/h5-8,12-15,26H,1-4,9-11H2,(H,27,29)(H,30,31)/b21-15+. The molecule has 5 rings (SSSR count). The lowest BCUT2D eigenvalue weighted by Gasteiger charge is -2.13. The molecular formula is C25H25N3O3. The molecule has 0 spiro atoms. The fourth-order valence-corrected chi connectivity index (χ4v) is 4.58. The highest BCUT2D eigenvalue weighted by atomic mass is 16.4. The number of carboxylic acid groups (broad SMARTS) is 1. The minimum Gasteiger partial charge on any atom is -0.478 e. The minimum absolute atomic E-state index is 0.156. The number of carboxylic acids is 1. The number of carbonyl (C=O) groups excluding carboxylic acids is 1. The summed E-state index contributed by atoms with van der Waals surface area (Å²) >= 11 is 0. The molecule has 3 heterocycles. The van der Waals surface area contributed by atoms with E-state index in [9.17, 15) is 9.59 Å². The molecule has 0 atom stereocenters. The van der Waals surface area contributed by atoms with Crippen molar-refractivity contribution in [1.82, 2.24) is 9.88 Å². The van der Waals surface area contributed by atoms with E-state index in [0.29, 0.717) is 11.3 Å². The highest BCUT2D eigenvalue weighted by Gasteiger charge is 2.25. The van der Waals surface area contributed by atoms with Gasteiger partial charge in [-0.2, -0.15) is 0 Å². The van der Waals surface area contributed by atoms with Gasteiger partial charge in [0.05, 0.1) is 11.1 Å². The number of aromatic nitrogens is 1. The maximum atomic E-state index is 12.5. The lowest BCUT2D eigenvalue weighted by atomic mass is 10.0. The Morgan fingerprint density at radius 1 is 1.10 bits per heavy atom. The SMILES string of the molecule is O=C1Nc2cc(C(=O)O)ccc2/C1=C\c1cc2cc(CCCN3CCCC3)ccc2[nH]1. The van der Waals surface area contributed by atoms with E-state index >= 15 is 0 Å². The Morgan fingerprint density at radius 3 is 2.74 bits per heavy atom. The van der Waals surface area contributed by atoms with Gasteiger partial charge in [-0.25, -0.2) is 4.79 Å². The molecule has 0 bridgehead atoms. The number of nitrogens with zero attached hydrogens (tertiary/aromatic N) is 1. The number of anilines is 1. The van der Waals surface area contributed by atoms with E-state index in [0.717, 1.165) is 28.6 Å². The first-order chi connectivity index (χ1) is 15.1. The first-order valence-electron chi connectivity index (χ1n) is 10.8. The van der Waals surface area contributed by atoms with Crippen LogP contribution in [0.1, 0.15) is 46.4 Å². The summed E-state index contributed by atoms with van der Waals surface area (Å²) in [5.41, 5.74) is 5.16. The van der Waals surface area contributed by atoms with E-state index < -0.39 is 5.97 Å². The Bertz CT molecular complexity index is 1200. The van der Waals surface area contributed by atoms with Crippen LogP contribution < -0.4 is 5.32 Å². The van der Waals surface area contributed by atoms with Crippen molar-refractivity contribution in [2.24, 2.45) is 0 Å². The number of amides is 1. The zero-order valence-electron chi connectivity index (χ0n) is 17.3. The normalized spacial score (nSPS) is 17.4. The summed E-state index contributed by atoms with van der Waals surface area (Å²) in [6.45, 7) is 3.65. The van der Waals surface area contributed by atoms with Crippen molar-refractivity contribution in [1.29, 1.82) is 0 Å². The number of fused-ring (bicyclic) bond motifs is 2. The molecule has 3 N–H and O–H groups in total. The zero-order chi connectivity index (χ0) is 21.4. The van der Waals surface area contributed by atoms with Crippen molar-refractivity contribution in [3.05, 3.63) is 64.8 Å². The summed E-state index contributed by atoms with van der Waals surface area (Å²) in [5, 5.41) is 13.1. The zero-order valence-corrected chi connectivity index (χ0v) is 17.3. The van der Waals surface area contributed by atoms with Crippen LogP contribution in [0.15, 0.2) is 42.5 Å². The number of carbonyl (C=O) groups is 2. The van der Waals surface area contributed by atoms with Gasteiger partial charge in [0.15, 0.2) is 0 Å². The molecule has 0 saturated carbocycles. The lowest BCUT2D eigenvalue weighted by molar-refractivity contribution is -0.110. The fourth-order valence-electron chi connectivity index (χ4n) is 4.58. The van der Waals surface area contributed by atoms with Crippen molar-refractivity contribution in [3.63, 3.8) is 0 Å². The molecule has 1 aromatic heterocycles. The molecule has 6 heteroatoms. The predicted octanol–water partition coefficient (Wildman–Crippen LogP) is 4.39. The van der Waals surface area contributed by atoms with Crippen molar-refractivity contribution >= 4 is 40.1 Å². The fraction of sp³-hybridized carbons (Fsp3) is 0.280. The molecule has 2 aliphatic rings. The van der Waals surface area contributed by atoms with Gasteiger partial charge in [-0.05, 0) is 87.3 Å². The molecule has 31 heavy (non-hydrogen) atoms. The van der Waals surface area contributed by atoms with Gasteiger partial charge in [0.1, 0.15) is 0 Å². The second kappa shape index (κ2) is 8.04. The van der Waals surface area contributed by atoms with Gasteiger partial charge >= 0.3 is 5.97 Å². The van der Waals surface area contributed by atoms with E-state index in [4.69, 9.17) is 5.11 Å². The second-order valence-electron chi connectivity index (χ2n) is 8.38. The highest BCUT2D eigenvalue weighted by Crippen LogP contribution is 2.34. The number of H-pyrrole nitrogens is 1. The molecule has 2 aliphatic heterocycles. The van der Waals surface area contributed by atoms with Crippen molar-refractivity contribution in [2.45, 2.75) is 25.7 Å². The number of aromatic carboxylic acids is 1. The molecule has 2 aromatic carbocycles. The van der Waals surface area contributed by atoms with Gasteiger partial charge in [-0.3, -0.25) is 4.79 Å². The quantitative estimate of drug-likeness (QED) is 0.522. The number of aryl methyl sites for hydroxylation is 1. The average molecular weight is 415 g/mol. The number of rotatable bonds is 6. The summed E-state index contributed by atoms with van der Waals surface area (Å²) in [6.07, 6.45) is 6.72. The Balaban J connectivity index is 1.35. The number of hydrogen-bond acceptors (Lipinski definition) is 3. The van der Waals surface area contributed by atoms with E-state index in [2.05, 4.69) is 39.5 Å². The molecule has 0 radical (unpaired) electrons. The second-order valence-corrected chi connectivity index (χ2v) is 8.38. The van der Waals surface area contributed by atoms with Gasteiger partial charge in [-0.1, -0.05) is 12.1 Å². The maximum Gasteiger partial charge on any atom is 0.335 e. The van der Waals surface area contributed by atoms with Crippen LogP contribution in [0.5, 0.6) is 0 Å². The van der Waals surface area contributed by atoms with E-state index in [1.807, 2.05) is 6.08 Å². The molecule has 6 nitrogen and oxygen atoms in total. The monoisotopic (exact) mass is 415 g/mol. The van der Waals surface area contributed by atoms with Crippen LogP contribution in [0.2, 0.25) is 0 Å². The molecule has 0 unspecified atom stereocenters. The van der Waals surface area contributed by atoms with E-state index in [1.165, 1.54) is 56.6 Å². The highest BCUT2D eigenvalue weighted by molar-refractivity contribution is 6.35. The van der Waals surface area contributed by atoms with Gasteiger partial charge in [0.2, 0.25) is 0 Å². The third-order valence-electron chi connectivity index (χ3n) is 6.19. The molecule has 158 valence electrons. The van der Waals surface area contributed by atoms with Crippen LogP contribution in [-0.2, 0) is 11.2 Å². The lowest BCUT2D eigenvalue weighted by Crippen LogP contribution is -2.20. The topological polar surface area (TPSA) is 85.4 Å². The van der Waals surface area contributed by atoms with E-state index in [1.54, 1.807) is 6.07 Å². The smallest absolute Gasteiger partial charge is 0.335 e. The Hall–Kier alpha value is -3.38. The first kappa shape index (κ1) is 19.6. The van der Waals surface area contributed by atoms with Gasteiger partial charge in [-0.15, -0.1) is 0 Å². The van der Waals surface area contributed by atoms with Crippen molar-refractivity contribution in [3.8, 4) is 0 Å². The van der Waals surface area contributed by atoms with Crippen LogP contribution in [-0.4, -0.2) is 46.5 Å². The van der Waals surface area contributed by atoms with Crippen LogP contribution in [0.3, 0.4) is 0 Å². The first-order valence-corrected chi connectivity index (χ1v) is 10.8. The van der Waals surface area contributed by atoms with Gasteiger partial charge in [0, 0.05) is 27.8 Å². The molecule has 1 fully saturated rings. The third-order valence-corrected chi connectivity index (χ3v) is 6.19. The number of hydrogen-bond donors (Lipinski definition) is 3. The number of benzene rings is 2. The predicted molar refractivity (Wildman–Crippen MR) is 122 cm³/mol. The third kappa shape index (κ3) is 3.99. The molecule has 1 amide bonds. The summed E-state index contributed by atoms with van der Waals surface area (Å²) in [6, 6.07) is 13.3. The minimum atomic E-state index is -1.01. The molecule has 1 saturated heterocycles. The molecular weight excluding hydrogens is 390 g/mol. The Morgan fingerprint density at radius 2 is 1.94 bits per heavy atom. The van der Waals surface area contributed by atoms with Gasteiger partial charge < -0.3 is 20.3 Å². The van der Waals surface area contributed by atoms with Crippen LogP contribution >= 0.6 is 0 Å². The summed E-state index contributed by atoms with van der Waals surface area (Å²) in [4.78, 5) is 29.6. The average Bonchev–Trinajstić information content (AvgIpc) is 3.47.